The summed E-state index contributed by atoms with van der Waals surface area (Å²) in [7, 11) is 0. The number of carbonyl (C=O) groups excluding carboxylic acids is 2. The van der Waals surface area contributed by atoms with Crippen molar-refractivity contribution in [1.29, 1.82) is 0 Å². The SMILES string of the molecule is CCOc1ccccc1CN1C(=O)c2cc3ccccc3n2C[C@]1(C)C(=O)NCCCOC(C)C. The number of amides is 2. The molecule has 1 N–H and O–H groups in total. The van der Waals surface area contributed by atoms with E-state index in [0.29, 0.717) is 38.4 Å². The molecular weight excluding hydrogens is 442 g/mol. The number of nitrogens with one attached hydrogen (secondary N) is 1. The molecule has 0 saturated heterocycles. The van der Waals surface area contributed by atoms with Crippen LogP contribution in [0.3, 0.4) is 0 Å². The highest BCUT2D eigenvalue weighted by molar-refractivity contribution is 6.03. The zero-order valence-electron chi connectivity index (χ0n) is 21.0. The standard InChI is InChI=1S/C28H35N3O4/c1-5-34-25-14-9-7-12-22(25)18-31-26(32)24-17-21-11-6-8-13-23(21)30(24)19-28(31,4)27(33)29-15-10-16-35-20(2)3/h6-9,11-14,17,20H,5,10,15-16,18-19H2,1-4H3,(H,29,33)/t28-/m1/s1. The van der Waals surface area contributed by atoms with Crippen molar-refractivity contribution < 1.29 is 19.1 Å². The number of aromatic nitrogens is 1. The second-order valence-corrected chi connectivity index (χ2v) is 9.41. The summed E-state index contributed by atoms with van der Waals surface area (Å²) < 4.78 is 13.4. The molecule has 0 radical (unpaired) electrons. The molecule has 35 heavy (non-hydrogen) atoms. The van der Waals surface area contributed by atoms with Gasteiger partial charge in [0.1, 0.15) is 17.0 Å². The highest BCUT2D eigenvalue weighted by Crippen LogP contribution is 2.34. The first-order chi connectivity index (χ1) is 16.8. The number of ether oxygens (including phenoxy) is 2. The average Bonchev–Trinajstić information content (AvgIpc) is 3.21. The van der Waals surface area contributed by atoms with Crippen LogP contribution in [0.25, 0.3) is 10.9 Å². The van der Waals surface area contributed by atoms with Crippen molar-refractivity contribution in [2.75, 3.05) is 19.8 Å². The molecule has 4 rings (SSSR count). The fourth-order valence-corrected chi connectivity index (χ4v) is 4.64. The fraction of sp³-hybridized carbons (Fsp3) is 0.429. The van der Waals surface area contributed by atoms with Gasteiger partial charge in [-0.2, -0.15) is 0 Å². The van der Waals surface area contributed by atoms with Gasteiger partial charge in [-0.05, 0) is 52.3 Å². The van der Waals surface area contributed by atoms with E-state index >= 15 is 0 Å². The van der Waals surface area contributed by atoms with E-state index in [1.54, 1.807) is 4.90 Å². The minimum absolute atomic E-state index is 0.153. The molecule has 2 heterocycles. The molecule has 0 bridgehead atoms. The largest absolute Gasteiger partial charge is 0.494 e. The zero-order chi connectivity index (χ0) is 25.0. The molecule has 1 aromatic heterocycles. The van der Waals surface area contributed by atoms with Crippen LogP contribution in [0.5, 0.6) is 5.75 Å². The van der Waals surface area contributed by atoms with Crippen LogP contribution in [0.15, 0.2) is 54.6 Å². The van der Waals surface area contributed by atoms with Gasteiger partial charge >= 0.3 is 0 Å². The van der Waals surface area contributed by atoms with E-state index in [0.717, 1.165) is 22.2 Å². The number of carbonyl (C=O) groups is 2. The Bertz CT molecular complexity index is 1200. The molecule has 0 fully saturated rings. The summed E-state index contributed by atoms with van der Waals surface area (Å²) in [6.45, 7) is 9.99. The average molecular weight is 478 g/mol. The molecule has 0 saturated carbocycles. The molecule has 2 amide bonds. The number of hydrogen-bond donors (Lipinski definition) is 1. The second-order valence-electron chi connectivity index (χ2n) is 9.41. The maximum atomic E-state index is 13.9. The van der Waals surface area contributed by atoms with Crippen LogP contribution >= 0.6 is 0 Å². The molecule has 1 aliphatic heterocycles. The molecule has 0 spiro atoms. The number of benzene rings is 2. The first-order valence-electron chi connectivity index (χ1n) is 12.4. The predicted molar refractivity (Wildman–Crippen MR) is 137 cm³/mol. The highest BCUT2D eigenvalue weighted by atomic mass is 16.5. The Balaban J connectivity index is 1.67. The van der Waals surface area contributed by atoms with E-state index in [1.807, 2.05) is 86.9 Å². The topological polar surface area (TPSA) is 72.8 Å². The van der Waals surface area contributed by atoms with Gasteiger partial charge in [0.2, 0.25) is 5.91 Å². The minimum Gasteiger partial charge on any atom is -0.494 e. The number of fused-ring (bicyclic) bond motifs is 3. The molecule has 2 aromatic carbocycles. The summed E-state index contributed by atoms with van der Waals surface area (Å²) in [6.07, 6.45) is 0.860. The quantitative estimate of drug-likeness (QED) is 0.440. The Kier molecular flexibility index (Phi) is 7.45. The second kappa shape index (κ2) is 10.5. The summed E-state index contributed by atoms with van der Waals surface area (Å²) in [5.41, 5.74) is 1.34. The van der Waals surface area contributed by atoms with Crippen molar-refractivity contribution in [2.45, 2.75) is 58.8 Å². The van der Waals surface area contributed by atoms with Crippen molar-refractivity contribution in [2.24, 2.45) is 0 Å². The van der Waals surface area contributed by atoms with Crippen LogP contribution in [0.2, 0.25) is 0 Å². The van der Waals surface area contributed by atoms with Gasteiger partial charge in [-0.25, -0.2) is 0 Å². The monoisotopic (exact) mass is 477 g/mol. The van der Waals surface area contributed by atoms with Crippen LogP contribution in [0.1, 0.15) is 50.2 Å². The van der Waals surface area contributed by atoms with Gasteiger partial charge in [-0.3, -0.25) is 9.59 Å². The number of hydrogen-bond acceptors (Lipinski definition) is 4. The van der Waals surface area contributed by atoms with Crippen LogP contribution in [-0.4, -0.2) is 52.7 Å². The number of para-hydroxylation sites is 2. The highest BCUT2D eigenvalue weighted by Gasteiger charge is 2.47. The summed E-state index contributed by atoms with van der Waals surface area (Å²) >= 11 is 0. The lowest BCUT2D eigenvalue weighted by Crippen LogP contribution is -2.63. The zero-order valence-corrected chi connectivity index (χ0v) is 21.0. The summed E-state index contributed by atoms with van der Waals surface area (Å²) in [4.78, 5) is 29.2. The summed E-state index contributed by atoms with van der Waals surface area (Å²) in [6, 6.07) is 17.5. The Morgan fingerprint density at radius 2 is 1.89 bits per heavy atom. The van der Waals surface area contributed by atoms with Gasteiger partial charge in [-0.15, -0.1) is 0 Å². The van der Waals surface area contributed by atoms with Gasteiger partial charge in [0.15, 0.2) is 0 Å². The Morgan fingerprint density at radius 1 is 1.14 bits per heavy atom. The molecule has 1 atom stereocenters. The Morgan fingerprint density at radius 3 is 2.66 bits per heavy atom. The maximum absolute atomic E-state index is 13.9. The number of nitrogens with zero attached hydrogens (tertiary/aromatic N) is 2. The van der Waals surface area contributed by atoms with E-state index < -0.39 is 5.54 Å². The summed E-state index contributed by atoms with van der Waals surface area (Å²) in [5, 5.41) is 4.04. The lowest BCUT2D eigenvalue weighted by atomic mass is 9.93. The lowest BCUT2D eigenvalue weighted by molar-refractivity contribution is -0.133. The minimum atomic E-state index is -1.08. The van der Waals surface area contributed by atoms with Crippen molar-refractivity contribution >= 4 is 22.7 Å². The van der Waals surface area contributed by atoms with Crippen LogP contribution in [0.4, 0.5) is 0 Å². The van der Waals surface area contributed by atoms with E-state index in [4.69, 9.17) is 9.47 Å². The third-order valence-electron chi connectivity index (χ3n) is 6.48. The van der Waals surface area contributed by atoms with E-state index in [9.17, 15) is 9.59 Å². The molecule has 186 valence electrons. The van der Waals surface area contributed by atoms with Gasteiger partial charge in [0, 0.05) is 29.6 Å². The number of rotatable bonds is 10. The molecule has 7 heteroatoms. The third-order valence-corrected chi connectivity index (χ3v) is 6.48. The van der Waals surface area contributed by atoms with Crippen molar-refractivity contribution in [3.05, 3.63) is 65.9 Å². The molecule has 0 aliphatic carbocycles. The van der Waals surface area contributed by atoms with Crippen LogP contribution in [-0.2, 0) is 22.6 Å². The van der Waals surface area contributed by atoms with Gasteiger partial charge < -0.3 is 24.3 Å². The fourth-order valence-electron chi connectivity index (χ4n) is 4.64. The molecule has 3 aromatic rings. The lowest BCUT2D eigenvalue weighted by Gasteiger charge is -2.44. The van der Waals surface area contributed by atoms with Gasteiger partial charge in [0.05, 0.1) is 25.8 Å². The van der Waals surface area contributed by atoms with Crippen molar-refractivity contribution in [3.63, 3.8) is 0 Å². The van der Waals surface area contributed by atoms with Gasteiger partial charge in [-0.1, -0.05) is 36.4 Å². The Hall–Kier alpha value is -3.32. The molecular formula is C28H35N3O4. The van der Waals surface area contributed by atoms with E-state index in [-0.39, 0.29) is 24.5 Å². The normalized spacial score (nSPS) is 17.6. The first kappa shape index (κ1) is 24.8. The smallest absolute Gasteiger partial charge is 0.271 e. The van der Waals surface area contributed by atoms with Crippen molar-refractivity contribution in [1.82, 2.24) is 14.8 Å². The predicted octanol–water partition coefficient (Wildman–Crippen LogP) is 4.39. The molecule has 1 aliphatic rings. The first-order valence-corrected chi connectivity index (χ1v) is 12.4. The van der Waals surface area contributed by atoms with E-state index in [1.165, 1.54) is 0 Å². The molecule has 7 nitrogen and oxygen atoms in total. The van der Waals surface area contributed by atoms with Crippen molar-refractivity contribution in [3.8, 4) is 5.75 Å². The summed E-state index contributed by atoms with van der Waals surface area (Å²) in [5.74, 6) is 0.384. The Labute approximate surface area is 207 Å². The third kappa shape index (κ3) is 5.05. The molecule has 0 unspecified atom stereocenters. The van der Waals surface area contributed by atoms with Crippen LogP contribution in [0, 0.1) is 0 Å². The van der Waals surface area contributed by atoms with Gasteiger partial charge in [0.25, 0.3) is 5.91 Å². The van der Waals surface area contributed by atoms with Crippen LogP contribution < -0.4 is 10.1 Å². The van der Waals surface area contributed by atoms with E-state index in [2.05, 4.69) is 5.32 Å². The maximum Gasteiger partial charge on any atom is 0.271 e.